The SMILES string of the molecule is Cc1cc(C)c(CCCCCCC(C)(C)C)c(CCCCCCC2(C(=O)O)CC2)c1. The van der Waals surface area contributed by atoms with E-state index in [1.165, 1.54) is 75.3 Å². The van der Waals surface area contributed by atoms with Crippen molar-refractivity contribution < 1.29 is 9.90 Å². The van der Waals surface area contributed by atoms with Crippen molar-refractivity contribution in [2.24, 2.45) is 10.8 Å². The molecule has 1 aliphatic rings. The van der Waals surface area contributed by atoms with Crippen LogP contribution in [0.3, 0.4) is 0 Å². The second-order valence-electron chi connectivity index (χ2n) is 11.2. The Morgan fingerprint density at radius 2 is 1.50 bits per heavy atom. The molecule has 1 aliphatic carbocycles. The Morgan fingerprint density at radius 3 is 2.10 bits per heavy atom. The number of aryl methyl sites for hydroxylation is 3. The summed E-state index contributed by atoms with van der Waals surface area (Å²) < 4.78 is 0. The van der Waals surface area contributed by atoms with Crippen molar-refractivity contribution >= 4 is 5.97 Å². The molecule has 0 radical (unpaired) electrons. The van der Waals surface area contributed by atoms with Gasteiger partial charge in [-0.25, -0.2) is 0 Å². The van der Waals surface area contributed by atoms with Gasteiger partial charge in [-0.2, -0.15) is 0 Å². The van der Waals surface area contributed by atoms with E-state index in [2.05, 4.69) is 46.8 Å². The lowest BCUT2D eigenvalue weighted by Crippen LogP contribution is -2.14. The molecule has 2 nitrogen and oxygen atoms in total. The van der Waals surface area contributed by atoms with E-state index in [4.69, 9.17) is 0 Å². The molecule has 0 aliphatic heterocycles. The average Bonchev–Trinajstić information content (AvgIpc) is 3.42. The van der Waals surface area contributed by atoms with Crippen molar-refractivity contribution in [3.05, 3.63) is 34.4 Å². The Balaban J connectivity index is 1.72. The molecular formula is C28H46O2. The summed E-state index contributed by atoms with van der Waals surface area (Å²) in [7, 11) is 0. The predicted molar refractivity (Wildman–Crippen MR) is 128 cm³/mol. The maximum absolute atomic E-state index is 11.3. The minimum Gasteiger partial charge on any atom is -0.481 e. The molecule has 0 saturated heterocycles. The van der Waals surface area contributed by atoms with E-state index in [0.717, 1.165) is 25.7 Å². The van der Waals surface area contributed by atoms with Crippen LogP contribution >= 0.6 is 0 Å². The zero-order valence-corrected chi connectivity index (χ0v) is 20.4. The Hall–Kier alpha value is -1.31. The minimum atomic E-state index is -0.569. The van der Waals surface area contributed by atoms with Gasteiger partial charge in [-0.05, 0) is 87.3 Å². The molecule has 1 saturated carbocycles. The van der Waals surface area contributed by atoms with Gasteiger partial charge in [0.2, 0.25) is 0 Å². The summed E-state index contributed by atoms with van der Waals surface area (Å²) in [6, 6.07) is 4.75. The molecule has 1 aromatic rings. The third kappa shape index (κ3) is 8.44. The maximum Gasteiger partial charge on any atom is 0.309 e. The van der Waals surface area contributed by atoms with Gasteiger partial charge in [0.25, 0.3) is 0 Å². The zero-order valence-electron chi connectivity index (χ0n) is 20.4. The Labute approximate surface area is 185 Å². The molecule has 1 fully saturated rings. The lowest BCUT2D eigenvalue weighted by Gasteiger charge is -2.18. The number of carbonyl (C=O) groups is 1. The Kier molecular flexibility index (Phi) is 9.44. The molecule has 0 atom stereocenters. The van der Waals surface area contributed by atoms with E-state index >= 15 is 0 Å². The number of hydrogen-bond acceptors (Lipinski definition) is 1. The van der Waals surface area contributed by atoms with Crippen LogP contribution in [0.2, 0.25) is 0 Å². The molecule has 0 spiro atoms. The average molecular weight is 415 g/mol. The number of rotatable bonds is 14. The highest BCUT2D eigenvalue weighted by Gasteiger charge is 2.49. The van der Waals surface area contributed by atoms with E-state index in [0.29, 0.717) is 5.41 Å². The van der Waals surface area contributed by atoms with Crippen molar-refractivity contribution in [1.29, 1.82) is 0 Å². The van der Waals surface area contributed by atoms with Crippen LogP contribution in [-0.2, 0) is 17.6 Å². The van der Waals surface area contributed by atoms with Crippen LogP contribution in [0, 0.1) is 24.7 Å². The van der Waals surface area contributed by atoms with Crippen LogP contribution in [0.5, 0.6) is 0 Å². The summed E-state index contributed by atoms with van der Waals surface area (Å²) in [5, 5.41) is 9.29. The van der Waals surface area contributed by atoms with E-state index in [9.17, 15) is 9.90 Å². The second kappa shape index (κ2) is 11.3. The molecule has 1 aromatic carbocycles. The number of carboxylic acid groups (broad SMARTS) is 1. The van der Waals surface area contributed by atoms with Gasteiger partial charge in [-0.3, -0.25) is 4.79 Å². The third-order valence-corrected chi connectivity index (χ3v) is 6.97. The van der Waals surface area contributed by atoms with Crippen LogP contribution in [-0.4, -0.2) is 11.1 Å². The van der Waals surface area contributed by atoms with Crippen molar-refractivity contribution in [3.63, 3.8) is 0 Å². The fourth-order valence-corrected chi connectivity index (χ4v) is 4.83. The Bertz CT molecular complexity index is 677. The largest absolute Gasteiger partial charge is 0.481 e. The van der Waals surface area contributed by atoms with Gasteiger partial charge in [0.05, 0.1) is 5.41 Å². The molecule has 2 heteroatoms. The van der Waals surface area contributed by atoms with Gasteiger partial charge in [-0.1, -0.05) is 77.0 Å². The second-order valence-corrected chi connectivity index (χ2v) is 11.2. The van der Waals surface area contributed by atoms with Crippen LogP contribution < -0.4 is 0 Å². The van der Waals surface area contributed by atoms with Gasteiger partial charge < -0.3 is 5.11 Å². The lowest BCUT2D eigenvalue weighted by molar-refractivity contribution is -0.143. The third-order valence-electron chi connectivity index (χ3n) is 6.97. The van der Waals surface area contributed by atoms with E-state index < -0.39 is 5.97 Å². The highest BCUT2D eigenvalue weighted by Crippen LogP contribution is 2.50. The fourth-order valence-electron chi connectivity index (χ4n) is 4.83. The monoisotopic (exact) mass is 414 g/mol. The normalized spacial score (nSPS) is 15.4. The maximum atomic E-state index is 11.3. The predicted octanol–water partition coefficient (Wildman–Crippen LogP) is 8.20. The molecule has 0 amide bonds. The number of benzene rings is 1. The first-order valence-electron chi connectivity index (χ1n) is 12.5. The van der Waals surface area contributed by atoms with Crippen LogP contribution in [0.25, 0.3) is 0 Å². The van der Waals surface area contributed by atoms with Crippen molar-refractivity contribution in [1.82, 2.24) is 0 Å². The molecule has 0 heterocycles. The zero-order chi connectivity index (χ0) is 22.2. The van der Waals surface area contributed by atoms with E-state index in [1.807, 2.05) is 0 Å². The lowest BCUT2D eigenvalue weighted by atomic mass is 9.88. The van der Waals surface area contributed by atoms with E-state index in [1.54, 1.807) is 11.1 Å². The van der Waals surface area contributed by atoms with Gasteiger partial charge in [-0.15, -0.1) is 0 Å². The van der Waals surface area contributed by atoms with Crippen LogP contribution in [0.4, 0.5) is 0 Å². The Morgan fingerprint density at radius 1 is 0.900 bits per heavy atom. The standard InChI is InChI=1S/C28H46O2/c1-22-20-23(2)25(15-11-7-8-12-16-27(3,4)5)24(21-22)14-10-6-9-13-17-28(18-19-28)26(29)30/h20-21H,6-19H2,1-5H3,(H,29,30). The molecule has 170 valence electrons. The molecular weight excluding hydrogens is 368 g/mol. The van der Waals surface area contributed by atoms with Gasteiger partial charge in [0, 0.05) is 0 Å². The quantitative estimate of drug-likeness (QED) is 0.311. The molecule has 1 N–H and O–H groups in total. The fraction of sp³-hybridized carbons (Fsp3) is 0.750. The van der Waals surface area contributed by atoms with Crippen LogP contribution in [0.1, 0.15) is 120 Å². The number of carboxylic acids is 1. The van der Waals surface area contributed by atoms with Gasteiger partial charge >= 0.3 is 5.97 Å². The first-order valence-corrected chi connectivity index (χ1v) is 12.5. The molecule has 2 rings (SSSR count). The first-order chi connectivity index (χ1) is 14.1. The van der Waals surface area contributed by atoms with Crippen molar-refractivity contribution in [2.75, 3.05) is 0 Å². The van der Waals surface area contributed by atoms with Crippen LogP contribution in [0.15, 0.2) is 12.1 Å². The summed E-state index contributed by atoms with van der Waals surface area (Å²) in [4.78, 5) is 11.3. The number of unbranched alkanes of at least 4 members (excludes halogenated alkanes) is 6. The highest BCUT2D eigenvalue weighted by atomic mass is 16.4. The summed E-state index contributed by atoms with van der Waals surface area (Å²) >= 11 is 0. The molecule has 0 aromatic heterocycles. The molecule has 30 heavy (non-hydrogen) atoms. The van der Waals surface area contributed by atoms with Gasteiger partial charge in [0.15, 0.2) is 0 Å². The summed E-state index contributed by atoms with van der Waals surface area (Å²) in [5.41, 5.74) is 6.14. The summed E-state index contributed by atoms with van der Waals surface area (Å²) in [6.07, 6.45) is 16.4. The number of aliphatic carboxylic acids is 1. The molecule has 0 unspecified atom stereocenters. The summed E-state index contributed by atoms with van der Waals surface area (Å²) in [5.74, 6) is -0.569. The first kappa shape index (κ1) is 25.0. The van der Waals surface area contributed by atoms with Crippen molar-refractivity contribution in [2.45, 2.75) is 125 Å². The van der Waals surface area contributed by atoms with E-state index in [-0.39, 0.29) is 5.41 Å². The van der Waals surface area contributed by atoms with Crippen molar-refractivity contribution in [3.8, 4) is 0 Å². The minimum absolute atomic E-state index is 0.340. The number of hydrogen-bond donors (Lipinski definition) is 1. The summed E-state index contributed by atoms with van der Waals surface area (Å²) in [6.45, 7) is 11.5. The topological polar surface area (TPSA) is 37.3 Å². The van der Waals surface area contributed by atoms with Gasteiger partial charge in [0.1, 0.15) is 0 Å². The molecule has 0 bridgehead atoms. The highest BCUT2D eigenvalue weighted by molar-refractivity contribution is 5.77. The smallest absolute Gasteiger partial charge is 0.309 e.